The van der Waals surface area contributed by atoms with Gasteiger partial charge in [0, 0.05) is 32.7 Å². The molecule has 0 aliphatic carbocycles. The van der Waals surface area contributed by atoms with Gasteiger partial charge in [-0.3, -0.25) is 9.69 Å². The molecule has 3 rings (SSSR count). The largest absolute Gasteiger partial charge is 0.441 e. The molecule has 2 aliphatic heterocycles. The minimum Gasteiger partial charge on any atom is -0.441 e. The second-order valence-electron chi connectivity index (χ2n) is 5.44. The number of aromatic nitrogens is 1. The molecule has 0 N–H and O–H groups in total. The molecule has 1 amide bonds. The van der Waals surface area contributed by atoms with Crippen molar-refractivity contribution in [1.29, 1.82) is 0 Å². The first-order valence-electron chi connectivity index (χ1n) is 8.68. The Morgan fingerprint density at radius 2 is 1.82 bits per heavy atom. The third-order valence-corrected chi connectivity index (χ3v) is 3.65. The van der Waals surface area contributed by atoms with E-state index >= 15 is 0 Å². The van der Waals surface area contributed by atoms with Crippen molar-refractivity contribution in [2.24, 2.45) is 5.92 Å². The van der Waals surface area contributed by atoms with Crippen LogP contribution in [0.3, 0.4) is 0 Å². The van der Waals surface area contributed by atoms with Crippen LogP contribution < -0.4 is 0 Å². The first kappa shape index (κ1) is 18.7. The summed E-state index contributed by atoms with van der Waals surface area (Å²) in [5, 5.41) is 0. The first-order valence-corrected chi connectivity index (χ1v) is 8.68. The summed E-state index contributed by atoms with van der Waals surface area (Å²) in [7, 11) is 0. The predicted molar refractivity (Wildman–Crippen MR) is 88.8 cm³/mol. The fraction of sp³-hybridized carbons (Fsp3) is 0.765. The Morgan fingerprint density at radius 1 is 1.23 bits per heavy atom. The topological polar surface area (TPSA) is 49.6 Å². The Kier molecular flexibility index (Phi) is 8.17. The van der Waals surface area contributed by atoms with Crippen LogP contribution in [-0.4, -0.2) is 46.9 Å². The van der Waals surface area contributed by atoms with E-state index in [-0.39, 0.29) is 11.8 Å². The van der Waals surface area contributed by atoms with E-state index in [1.807, 2.05) is 32.6 Å². The highest BCUT2D eigenvalue weighted by Crippen LogP contribution is 2.18. The highest BCUT2D eigenvalue weighted by Gasteiger charge is 2.26. The lowest BCUT2D eigenvalue weighted by Gasteiger charge is -2.36. The summed E-state index contributed by atoms with van der Waals surface area (Å²) in [5.41, 5.74) is 0.865. The standard InChI is InChI=1S/C13H19N3O2.2C2H6/c1-10-6-15(7-10)8-11-9-18-12(14-11)13(17)16-4-2-3-5-16;2*1-2/h9-10H,2-8H2,1H3;2*1-2H3. The van der Waals surface area contributed by atoms with Crippen LogP contribution in [0.2, 0.25) is 0 Å². The van der Waals surface area contributed by atoms with Crippen molar-refractivity contribution in [1.82, 2.24) is 14.8 Å². The van der Waals surface area contributed by atoms with Gasteiger partial charge in [-0.25, -0.2) is 4.98 Å². The van der Waals surface area contributed by atoms with Crippen LogP contribution in [0.4, 0.5) is 0 Å². The van der Waals surface area contributed by atoms with Crippen LogP contribution in [0.1, 0.15) is 63.8 Å². The molecule has 5 nitrogen and oxygen atoms in total. The molecule has 0 spiro atoms. The van der Waals surface area contributed by atoms with E-state index in [0.717, 1.165) is 57.2 Å². The van der Waals surface area contributed by atoms with Crippen molar-refractivity contribution < 1.29 is 9.21 Å². The Balaban J connectivity index is 0.000000561. The van der Waals surface area contributed by atoms with Crippen molar-refractivity contribution >= 4 is 5.91 Å². The van der Waals surface area contributed by atoms with Gasteiger partial charge in [-0.05, 0) is 18.8 Å². The second kappa shape index (κ2) is 9.62. The maximum absolute atomic E-state index is 12.0. The molecule has 22 heavy (non-hydrogen) atoms. The fourth-order valence-corrected chi connectivity index (χ4v) is 2.72. The number of hydrogen-bond donors (Lipinski definition) is 0. The quantitative estimate of drug-likeness (QED) is 0.858. The van der Waals surface area contributed by atoms with Crippen LogP contribution in [0.25, 0.3) is 0 Å². The van der Waals surface area contributed by atoms with Crippen LogP contribution in [0, 0.1) is 5.92 Å². The SMILES string of the molecule is CC.CC.CC1CN(Cc2coc(C(=O)N3CCCC3)n2)C1. The summed E-state index contributed by atoms with van der Waals surface area (Å²) in [4.78, 5) is 20.5. The lowest BCUT2D eigenvalue weighted by Crippen LogP contribution is -2.44. The Hall–Kier alpha value is -1.36. The average molecular weight is 309 g/mol. The van der Waals surface area contributed by atoms with E-state index in [9.17, 15) is 4.79 Å². The number of amides is 1. The van der Waals surface area contributed by atoms with E-state index in [1.54, 1.807) is 6.26 Å². The zero-order valence-electron chi connectivity index (χ0n) is 14.8. The third-order valence-electron chi connectivity index (χ3n) is 3.65. The molecule has 0 aromatic carbocycles. The zero-order valence-corrected chi connectivity index (χ0v) is 14.8. The molecule has 0 bridgehead atoms. The van der Waals surface area contributed by atoms with Gasteiger partial charge in [0.05, 0.1) is 5.69 Å². The summed E-state index contributed by atoms with van der Waals surface area (Å²) >= 11 is 0. The predicted octanol–water partition coefficient (Wildman–Crippen LogP) is 3.41. The van der Waals surface area contributed by atoms with Crippen molar-refractivity contribution in [2.45, 2.75) is 54.0 Å². The van der Waals surface area contributed by atoms with Crippen molar-refractivity contribution in [2.75, 3.05) is 26.2 Å². The third kappa shape index (κ3) is 4.83. The van der Waals surface area contributed by atoms with E-state index in [2.05, 4.69) is 16.8 Å². The maximum atomic E-state index is 12.0. The monoisotopic (exact) mass is 309 g/mol. The highest BCUT2D eigenvalue weighted by molar-refractivity contribution is 5.89. The van der Waals surface area contributed by atoms with Gasteiger partial charge in [0.25, 0.3) is 5.89 Å². The molecule has 2 aliphatic rings. The number of rotatable bonds is 3. The number of oxazole rings is 1. The highest BCUT2D eigenvalue weighted by atomic mass is 16.4. The Bertz CT molecular complexity index is 433. The normalized spacial score (nSPS) is 18.0. The van der Waals surface area contributed by atoms with E-state index in [1.165, 1.54) is 0 Å². The van der Waals surface area contributed by atoms with Gasteiger partial charge in [-0.2, -0.15) is 0 Å². The number of nitrogens with zero attached hydrogens (tertiary/aromatic N) is 3. The summed E-state index contributed by atoms with van der Waals surface area (Å²) in [6.07, 6.45) is 3.79. The average Bonchev–Trinajstić information content (AvgIpc) is 3.21. The summed E-state index contributed by atoms with van der Waals surface area (Å²) in [6, 6.07) is 0. The molecule has 5 heteroatoms. The van der Waals surface area contributed by atoms with Gasteiger partial charge in [-0.15, -0.1) is 0 Å². The first-order chi connectivity index (χ1) is 10.7. The zero-order chi connectivity index (χ0) is 16.5. The van der Waals surface area contributed by atoms with Gasteiger partial charge in [-0.1, -0.05) is 34.6 Å². The number of carbonyl (C=O) groups is 1. The molecule has 1 aromatic rings. The number of carbonyl (C=O) groups excluding carboxylic acids is 1. The van der Waals surface area contributed by atoms with Crippen molar-refractivity contribution in [3.63, 3.8) is 0 Å². The summed E-state index contributed by atoms with van der Waals surface area (Å²) in [6.45, 7) is 14.9. The van der Waals surface area contributed by atoms with E-state index in [0.29, 0.717) is 0 Å². The van der Waals surface area contributed by atoms with Crippen LogP contribution in [0.15, 0.2) is 10.7 Å². The Morgan fingerprint density at radius 3 is 2.36 bits per heavy atom. The molecule has 126 valence electrons. The Labute approximate surface area is 134 Å². The van der Waals surface area contributed by atoms with Crippen LogP contribution >= 0.6 is 0 Å². The second-order valence-corrected chi connectivity index (χ2v) is 5.44. The number of likely N-dealkylation sites (tertiary alicyclic amines) is 2. The summed E-state index contributed by atoms with van der Waals surface area (Å²) < 4.78 is 5.31. The minimum atomic E-state index is -0.0595. The fourth-order valence-electron chi connectivity index (χ4n) is 2.72. The summed E-state index contributed by atoms with van der Waals surface area (Å²) in [5.74, 6) is 0.971. The molecule has 0 unspecified atom stereocenters. The maximum Gasteiger partial charge on any atom is 0.309 e. The van der Waals surface area contributed by atoms with Crippen molar-refractivity contribution in [3.8, 4) is 0 Å². The van der Waals surface area contributed by atoms with E-state index in [4.69, 9.17) is 4.42 Å². The number of hydrogen-bond acceptors (Lipinski definition) is 4. The molecular formula is C17H31N3O2. The molecule has 1 aromatic heterocycles. The van der Waals surface area contributed by atoms with Crippen LogP contribution in [-0.2, 0) is 6.54 Å². The van der Waals surface area contributed by atoms with Gasteiger partial charge in [0.2, 0.25) is 0 Å². The van der Waals surface area contributed by atoms with Crippen LogP contribution in [0.5, 0.6) is 0 Å². The lowest BCUT2D eigenvalue weighted by atomic mass is 10.0. The molecule has 0 saturated carbocycles. The van der Waals surface area contributed by atoms with Gasteiger partial charge in [0.1, 0.15) is 6.26 Å². The smallest absolute Gasteiger partial charge is 0.309 e. The lowest BCUT2D eigenvalue weighted by molar-refractivity contribution is 0.0753. The molecular weight excluding hydrogens is 278 g/mol. The molecule has 2 fully saturated rings. The van der Waals surface area contributed by atoms with Gasteiger partial charge >= 0.3 is 5.91 Å². The minimum absolute atomic E-state index is 0.0595. The van der Waals surface area contributed by atoms with Gasteiger partial charge < -0.3 is 9.32 Å². The van der Waals surface area contributed by atoms with Crippen molar-refractivity contribution in [3.05, 3.63) is 17.8 Å². The van der Waals surface area contributed by atoms with Gasteiger partial charge in [0.15, 0.2) is 0 Å². The van der Waals surface area contributed by atoms with E-state index < -0.39 is 0 Å². The molecule has 0 atom stereocenters. The molecule has 3 heterocycles. The molecule has 2 saturated heterocycles. The molecule has 0 radical (unpaired) electrons.